The van der Waals surface area contributed by atoms with Crippen LogP contribution in [0.15, 0.2) is 27.5 Å². The molecule has 0 saturated heterocycles. The zero-order valence-electron chi connectivity index (χ0n) is 10.8. The van der Waals surface area contributed by atoms with Gasteiger partial charge in [0, 0.05) is 12.3 Å². The number of phenols is 1. The molecule has 0 radical (unpaired) electrons. The molecule has 0 aliphatic carbocycles. The van der Waals surface area contributed by atoms with Crippen molar-refractivity contribution >= 4 is 32.7 Å². The molecule has 21 heavy (non-hydrogen) atoms. The first-order valence-electron chi connectivity index (χ1n) is 5.70. The van der Waals surface area contributed by atoms with Crippen LogP contribution in [0.25, 0.3) is 11.0 Å². The Morgan fingerprint density at radius 1 is 1.33 bits per heavy atom. The summed E-state index contributed by atoms with van der Waals surface area (Å²) in [6.07, 6.45) is 0. The number of hydrogen-bond donors (Lipinski definition) is 3. The third kappa shape index (κ3) is 2.88. The van der Waals surface area contributed by atoms with Crippen LogP contribution in [0.5, 0.6) is 5.75 Å². The van der Waals surface area contributed by atoms with Gasteiger partial charge in [-0.15, -0.1) is 0 Å². The highest BCUT2D eigenvalue weighted by Gasteiger charge is 2.23. The van der Waals surface area contributed by atoms with Crippen LogP contribution in [0.2, 0.25) is 0 Å². The van der Waals surface area contributed by atoms with Crippen molar-refractivity contribution in [2.45, 2.75) is 11.8 Å². The molecule has 1 aromatic carbocycles. The smallest absolute Gasteiger partial charge is 0.318 e. The van der Waals surface area contributed by atoms with E-state index in [4.69, 9.17) is 9.52 Å². The summed E-state index contributed by atoms with van der Waals surface area (Å²) in [5.41, 5.74) is -0.154. The first-order valence-corrected chi connectivity index (χ1v) is 7.18. The van der Waals surface area contributed by atoms with E-state index in [1.54, 1.807) is 0 Å². The Bertz CT molecular complexity index is 835. The molecule has 0 unspecified atom stereocenters. The van der Waals surface area contributed by atoms with Gasteiger partial charge in [0.1, 0.15) is 6.54 Å². The van der Waals surface area contributed by atoms with Crippen molar-refractivity contribution in [3.8, 4) is 5.75 Å². The third-order valence-electron chi connectivity index (χ3n) is 2.67. The minimum absolute atomic E-state index is 0.00177. The van der Waals surface area contributed by atoms with Gasteiger partial charge in [0.15, 0.2) is 22.9 Å². The number of furan rings is 1. The second kappa shape index (κ2) is 5.19. The Morgan fingerprint density at radius 3 is 2.57 bits per heavy atom. The predicted molar refractivity (Wildman–Crippen MR) is 70.7 cm³/mol. The van der Waals surface area contributed by atoms with Crippen LogP contribution in [0.1, 0.15) is 17.5 Å². The highest BCUT2D eigenvalue weighted by molar-refractivity contribution is 7.89. The van der Waals surface area contributed by atoms with Crippen LogP contribution in [0, 0.1) is 0 Å². The van der Waals surface area contributed by atoms with Gasteiger partial charge in [0.2, 0.25) is 10.0 Å². The fraction of sp³-hybridized carbons (Fsp3) is 0.167. The third-order valence-corrected chi connectivity index (χ3v) is 4.13. The number of fused-ring (bicyclic) bond motifs is 1. The highest BCUT2D eigenvalue weighted by atomic mass is 32.2. The summed E-state index contributed by atoms with van der Waals surface area (Å²) in [6, 6.07) is 3.37. The number of sulfonamides is 1. The Hall–Kier alpha value is -2.39. The molecule has 0 atom stereocenters. The van der Waals surface area contributed by atoms with Crippen molar-refractivity contribution in [1.29, 1.82) is 0 Å². The maximum Gasteiger partial charge on any atom is 0.318 e. The fourth-order valence-corrected chi connectivity index (χ4v) is 2.88. The number of carboxylic acids is 1. The molecule has 0 fully saturated rings. The van der Waals surface area contributed by atoms with E-state index in [0.29, 0.717) is 0 Å². The standard InChI is InChI=1S/C12H11NO7S/c1-6(14)9-4-7-10(3-2-8(15)12(7)20-9)21(18,19)13-5-11(16)17/h2-4,13,15H,5H2,1H3,(H,16,17). The minimum atomic E-state index is -4.12. The molecule has 112 valence electrons. The quantitative estimate of drug-likeness (QED) is 0.692. The van der Waals surface area contributed by atoms with Crippen molar-refractivity contribution < 1.29 is 32.6 Å². The lowest BCUT2D eigenvalue weighted by Crippen LogP contribution is -2.29. The van der Waals surface area contributed by atoms with E-state index in [1.165, 1.54) is 13.0 Å². The fourth-order valence-electron chi connectivity index (χ4n) is 1.73. The van der Waals surface area contributed by atoms with Crippen LogP contribution in [-0.2, 0) is 14.8 Å². The number of benzene rings is 1. The van der Waals surface area contributed by atoms with Gasteiger partial charge >= 0.3 is 5.97 Å². The molecule has 0 bridgehead atoms. The number of phenolic OH excluding ortho intramolecular Hbond substituents is 1. The molecule has 0 saturated carbocycles. The topological polar surface area (TPSA) is 134 Å². The Labute approximate surface area is 119 Å². The van der Waals surface area contributed by atoms with Crippen LogP contribution in [-0.4, -0.2) is 36.9 Å². The number of Topliss-reactive ketones (excluding diaryl/α,β-unsaturated/α-hetero) is 1. The van der Waals surface area contributed by atoms with Crippen LogP contribution in [0.4, 0.5) is 0 Å². The van der Waals surface area contributed by atoms with E-state index in [-0.39, 0.29) is 27.4 Å². The number of hydrogen-bond acceptors (Lipinski definition) is 6. The average Bonchev–Trinajstić information content (AvgIpc) is 2.82. The molecule has 8 nitrogen and oxygen atoms in total. The molecule has 2 rings (SSSR count). The number of carboxylic acid groups (broad SMARTS) is 1. The highest BCUT2D eigenvalue weighted by Crippen LogP contribution is 2.33. The van der Waals surface area contributed by atoms with Gasteiger partial charge in [-0.05, 0) is 18.2 Å². The maximum atomic E-state index is 12.1. The molecule has 3 N–H and O–H groups in total. The summed E-state index contributed by atoms with van der Waals surface area (Å²) in [6.45, 7) is 0.438. The van der Waals surface area contributed by atoms with E-state index in [9.17, 15) is 23.1 Å². The van der Waals surface area contributed by atoms with Gasteiger partial charge < -0.3 is 14.6 Å². The first-order chi connectivity index (χ1) is 9.72. The van der Waals surface area contributed by atoms with Crippen molar-refractivity contribution in [3.63, 3.8) is 0 Å². The molecule has 9 heteroatoms. The number of aromatic hydroxyl groups is 1. The largest absolute Gasteiger partial charge is 0.504 e. The monoisotopic (exact) mass is 313 g/mol. The summed E-state index contributed by atoms with van der Waals surface area (Å²) >= 11 is 0. The lowest BCUT2D eigenvalue weighted by molar-refractivity contribution is -0.135. The molecular formula is C12H11NO7S. The van der Waals surface area contributed by atoms with Crippen LogP contribution in [0.3, 0.4) is 0 Å². The molecule has 2 aromatic rings. The van der Waals surface area contributed by atoms with Gasteiger partial charge in [0.25, 0.3) is 0 Å². The SMILES string of the molecule is CC(=O)c1cc2c(S(=O)(=O)NCC(=O)O)ccc(O)c2o1. The molecular weight excluding hydrogens is 302 g/mol. The maximum absolute atomic E-state index is 12.1. The second-order valence-electron chi connectivity index (χ2n) is 4.21. The Kier molecular flexibility index (Phi) is 3.71. The van der Waals surface area contributed by atoms with Crippen LogP contribution >= 0.6 is 0 Å². The van der Waals surface area contributed by atoms with Crippen LogP contribution < -0.4 is 4.72 Å². The Balaban J connectivity index is 2.62. The molecule has 0 amide bonds. The molecule has 0 aliphatic rings. The zero-order valence-corrected chi connectivity index (χ0v) is 11.6. The van der Waals surface area contributed by atoms with Gasteiger partial charge in [0.05, 0.1) is 4.90 Å². The van der Waals surface area contributed by atoms with Crippen molar-refractivity contribution in [2.75, 3.05) is 6.54 Å². The summed E-state index contributed by atoms with van der Waals surface area (Å²) in [4.78, 5) is 21.5. The summed E-state index contributed by atoms with van der Waals surface area (Å²) in [5, 5.41) is 18.2. The van der Waals surface area contributed by atoms with E-state index in [0.717, 1.165) is 12.1 Å². The number of nitrogens with one attached hydrogen (secondary N) is 1. The van der Waals surface area contributed by atoms with E-state index in [2.05, 4.69) is 0 Å². The van der Waals surface area contributed by atoms with Crippen molar-refractivity contribution in [1.82, 2.24) is 4.72 Å². The summed E-state index contributed by atoms with van der Waals surface area (Å²) < 4.78 is 31.1. The summed E-state index contributed by atoms with van der Waals surface area (Å²) in [5.74, 6) is -2.21. The lowest BCUT2D eigenvalue weighted by atomic mass is 10.2. The average molecular weight is 313 g/mol. The normalized spacial score (nSPS) is 11.7. The number of ketones is 1. The van der Waals surface area contributed by atoms with E-state index < -0.39 is 28.3 Å². The lowest BCUT2D eigenvalue weighted by Gasteiger charge is -2.06. The molecule has 1 heterocycles. The number of rotatable bonds is 5. The number of carbonyl (C=O) groups is 2. The minimum Gasteiger partial charge on any atom is -0.504 e. The van der Waals surface area contributed by atoms with E-state index >= 15 is 0 Å². The van der Waals surface area contributed by atoms with Crippen molar-refractivity contribution in [3.05, 3.63) is 24.0 Å². The van der Waals surface area contributed by atoms with E-state index in [1.807, 2.05) is 4.72 Å². The molecule has 0 spiro atoms. The Morgan fingerprint density at radius 2 is 2.00 bits per heavy atom. The second-order valence-corrected chi connectivity index (χ2v) is 5.95. The first kappa shape index (κ1) is 15.0. The molecule has 1 aromatic heterocycles. The number of aliphatic carboxylic acids is 1. The predicted octanol–water partition coefficient (Wildman–Crippen LogP) is 0.704. The van der Waals surface area contributed by atoms with Gasteiger partial charge in [-0.3, -0.25) is 9.59 Å². The van der Waals surface area contributed by atoms with Gasteiger partial charge in [-0.25, -0.2) is 8.42 Å². The number of carbonyl (C=O) groups excluding carboxylic acids is 1. The van der Waals surface area contributed by atoms with Gasteiger partial charge in [-0.2, -0.15) is 4.72 Å². The van der Waals surface area contributed by atoms with Gasteiger partial charge in [-0.1, -0.05) is 0 Å². The zero-order chi connectivity index (χ0) is 15.8. The van der Waals surface area contributed by atoms with Crippen molar-refractivity contribution in [2.24, 2.45) is 0 Å². The molecule has 0 aliphatic heterocycles. The summed E-state index contributed by atoms with van der Waals surface area (Å²) in [7, 11) is -4.12.